The average molecular weight is 257 g/mol. The van der Waals surface area contributed by atoms with Crippen LogP contribution in [0.3, 0.4) is 0 Å². The SMILES string of the molecule is Cc1nc([N+](=O)[O-])c2n1CC(c1ccccc1)=NN2. The van der Waals surface area contributed by atoms with Crippen molar-refractivity contribution in [3.63, 3.8) is 0 Å². The summed E-state index contributed by atoms with van der Waals surface area (Å²) in [4.78, 5) is 14.3. The van der Waals surface area contributed by atoms with E-state index in [1.165, 1.54) is 0 Å². The van der Waals surface area contributed by atoms with Gasteiger partial charge in [0.15, 0.2) is 0 Å². The molecule has 3 rings (SSSR count). The summed E-state index contributed by atoms with van der Waals surface area (Å²) in [5.74, 6) is 0.744. The molecule has 1 aromatic carbocycles. The maximum absolute atomic E-state index is 10.9. The van der Waals surface area contributed by atoms with Gasteiger partial charge in [0.05, 0.1) is 12.3 Å². The number of fused-ring (bicyclic) bond motifs is 1. The summed E-state index contributed by atoms with van der Waals surface area (Å²) in [7, 11) is 0. The van der Waals surface area contributed by atoms with Gasteiger partial charge in [-0.3, -0.25) is 9.99 Å². The molecule has 0 spiro atoms. The highest BCUT2D eigenvalue weighted by Crippen LogP contribution is 2.28. The lowest BCUT2D eigenvalue weighted by atomic mass is 10.1. The fraction of sp³-hybridized carbons (Fsp3) is 0.167. The lowest BCUT2D eigenvalue weighted by molar-refractivity contribution is -0.388. The third kappa shape index (κ3) is 1.85. The van der Waals surface area contributed by atoms with Crippen molar-refractivity contribution in [1.29, 1.82) is 0 Å². The maximum Gasteiger partial charge on any atom is 0.408 e. The average Bonchev–Trinajstić information content (AvgIpc) is 2.77. The topological polar surface area (TPSA) is 85.3 Å². The first-order valence-electron chi connectivity index (χ1n) is 5.76. The molecular formula is C12H11N5O2. The van der Waals surface area contributed by atoms with Gasteiger partial charge in [-0.1, -0.05) is 30.3 Å². The molecule has 0 radical (unpaired) electrons. The summed E-state index contributed by atoms with van der Waals surface area (Å²) in [6, 6.07) is 9.69. The number of nitro groups is 1. The highest BCUT2D eigenvalue weighted by atomic mass is 16.6. The fourth-order valence-electron chi connectivity index (χ4n) is 2.07. The number of aromatic nitrogens is 2. The third-order valence-electron chi connectivity index (χ3n) is 3.02. The van der Waals surface area contributed by atoms with Crippen LogP contribution in [0.15, 0.2) is 35.4 Å². The Labute approximate surface area is 108 Å². The number of anilines is 1. The first-order chi connectivity index (χ1) is 9.16. The normalized spacial score (nSPS) is 13.4. The molecule has 19 heavy (non-hydrogen) atoms. The van der Waals surface area contributed by atoms with Gasteiger partial charge in [0.1, 0.15) is 0 Å². The zero-order chi connectivity index (χ0) is 13.4. The molecule has 0 unspecified atom stereocenters. The number of rotatable bonds is 2. The van der Waals surface area contributed by atoms with Gasteiger partial charge in [0, 0.05) is 6.92 Å². The molecule has 1 N–H and O–H groups in total. The minimum Gasteiger partial charge on any atom is -0.358 e. The number of imidazole rings is 1. The maximum atomic E-state index is 10.9. The third-order valence-corrected chi connectivity index (χ3v) is 3.02. The van der Waals surface area contributed by atoms with Gasteiger partial charge in [-0.15, -0.1) is 0 Å². The van der Waals surface area contributed by atoms with Crippen molar-refractivity contribution in [2.45, 2.75) is 13.5 Å². The van der Waals surface area contributed by atoms with Gasteiger partial charge in [0.2, 0.25) is 11.6 Å². The van der Waals surface area contributed by atoms with E-state index in [-0.39, 0.29) is 5.82 Å². The van der Waals surface area contributed by atoms with Crippen LogP contribution in [0, 0.1) is 17.0 Å². The molecule has 0 aliphatic carbocycles. The van der Waals surface area contributed by atoms with Crippen molar-refractivity contribution < 1.29 is 4.92 Å². The summed E-state index contributed by atoms with van der Waals surface area (Å²) in [6.45, 7) is 2.21. The molecule has 96 valence electrons. The Morgan fingerprint density at radius 3 is 2.79 bits per heavy atom. The second kappa shape index (κ2) is 4.20. The van der Waals surface area contributed by atoms with Gasteiger partial charge in [0.25, 0.3) is 0 Å². The lowest BCUT2D eigenvalue weighted by Crippen LogP contribution is -2.21. The molecule has 1 aromatic heterocycles. The van der Waals surface area contributed by atoms with Gasteiger partial charge >= 0.3 is 5.82 Å². The number of hydrazone groups is 1. The Balaban J connectivity index is 2.00. The van der Waals surface area contributed by atoms with E-state index in [1.807, 2.05) is 30.3 Å². The molecule has 0 saturated carbocycles. The number of hydrogen-bond donors (Lipinski definition) is 1. The molecule has 0 saturated heterocycles. The lowest BCUT2D eigenvalue weighted by Gasteiger charge is -2.15. The van der Waals surface area contributed by atoms with Crippen molar-refractivity contribution in [3.05, 3.63) is 51.8 Å². The van der Waals surface area contributed by atoms with Crippen molar-refractivity contribution in [1.82, 2.24) is 9.55 Å². The van der Waals surface area contributed by atoms with Gasteiger partial charge in [-0.2, -0.15) is 5.10 Å². The first kappa shape index (κ1) is 11.4. The molecule has 7 heteroatoms. The van der Waals surface area contributed by atoms with Crippen molar-refractivity contribution >= 4 is 17.3 Å². The smallest absolute Gasteiger partial charge is 0.358 e. The molecule has 7 nitrogen and oxygen atoms in total. The van der Waals surface area contributed by atoms with E-state index in [9.17, 15) is 10.1 Å². The van der Waals surface area contributed by atoms with E-state index in [2.05, 4.69) is 15.5 Å². The molecule has 0 amide bonds. The van der Waals surface area contributed by atoms with Gasteiger partial charge in [-0.05, 0) is 15.5 Å². The summed E-state index contributed by atoms with van der Waals surface area (Å²) < 4.78 is 1.76. The Bertz CT molecular complexity index is 675. The van der Waals surface area contributed by atoms with E-state index in [4.69, 9.17) is 0 Å². The van der Waals surface area contributed by atoms with E-state index < -0.39 is 4.92 Å². The van der Waals surface area contributed by atoms with Crippen LogP contribution in [0.1, 0.15) is 11.4 Å². The van der Waals surface area contributed by atoms with Crippen molar-refractivity contribution in [2.24, 2.45) is 5.10 Å². The van der Waals surface area contributed by atoms with E-state index >= 15 is 0 Å². The molecule has 0 bridgehead atoms. The fourth-order valence-corrected chi connectivity index (χ4v) is 2.07. The minimum atomic E-state index is -0.505. The molecule has 1 aliphatic heterocycles. The summed E-state index contributed by atoms with van der Waals surface area (Å²) in [6.07, 6.45) is 0. The minimum absolute atomic E-state index is 0.187. The van der Waals surface area contributed by atoms with Crippen LogP contribution in [0.25, 0.3) is 0 Å². The van der Waals surface area contributed by atoms with Gasteiger partial charge in [-0.25, -0.2) is 0 Å². The zero-order valence-electron chi connectivity index (χ0n) is 10.2. The van der Waals surface area contributed by atoms with E-state index in [0.29, 0.717) is 18.2 Å². The van der Waals surface area contributed by atoms with Crippen LogP contribution in [-0.4, -0.2) is 20.2 Å². The molecule has 1 aliphatic rings. The standard InChI is InChI=1S/C12H11N5O2/c1-8-13-11(17(18)19)12-15-14-10(7-16(8)12)9-5-3-2-4-6-9/h2-6,15H,7H2,1H3. The van der Waals surface area contributed by atoms with Crippen LogP contribution in [0.5, 0.6) is 0 Å². The van der Waals surface area contributed by atoms with Crippen molar-refractivity contribution in [3.8, 4) is 0 Å². The molecule has 2 heterocycles. The zero-order valence-corrected chi connectivity index (χ0v) is 10.2. The Kier molecular flexibility index (Phi) is 2.52. The largest absolute Gasteiger partial charge is 0.408 e. The van der Waals surface area contributed by atoms with Crippen LogP contribution in [0.4, 0.5) is 11.6 Å². The first-order valence-corrected chi connectivity index (χ1v) is 5.76. The second-order valence-corrected chi connectivity index (χ2v) is 4.21. The molecule has 0 fully saturated rings. The Morgan fingerprint density at radius 2 is 2.11 bits per heavy atom. The monoisotopic (exact) mass is 257 g/mol. The predicted octanol–water partition coefficient (Wildman–Crippen LogP) is 1.93. The number of aryl methyl sites for hydroxylation is 1. The number of nitrogens with zero attached hydrogens (tertiary/aromatic N) is 4. The number of nitrogens with one attached hydrogen (secondary N) is 1. The van der Waals surface area contributed by atoms with Crippen LogP contribution >= 0.6 is 0 Å². The second-order valence-electron chi connectivity index (χ2n) is 4.21. The summed E-state index contributed by atoms with van der Waals surface area (Å²) in [5, 5.41) is 15.1. The van der Waals surface area contributed by atoms with E-state index in [1.54, 1.807) is 11.5 Å². The predicted molar refractivity (Wildman–Crippen MR) is 70.2 cm³/mol. The molecule has 2 aromatic rings. The number of benzene rings is 1. The number of hydrogen-bond acceptors (Lipinski definition) is 5. The summed E-state index contributed by atoms with van der Waals surface area (Å²) >= 11 is 0. The highest BCUT2D eigenvalue weighted by molar-refractivity contribution is 6.01. The summed E-state index contributed by atoms with van der Waals surface area (Å²) in [5.41, 5.74) is 4.53. The van der Waals surface area contributed by atoms with E-state index in [0.717, 1.165) is 11.3 Å². The van der Waals surface area contributed by atoms with Gasteiger partial charge < -0.3 is 10.1 Å². The van der Waals surface area contributed by atoms with Crippen LogP contribution in [-0.2, 0) is 6.54 Å². The quantitative estimate of drug-likeness (QED) is 0.658. The Morgan fingerprint density at radius 1 is 1.37 bits per heavy atom. The Hall–Kier alpha value is -2.70. The van der Waals surface area contributed by atoms with Crippen LogP contribution in [0.2, 0.25) is 0 Å². The van der Waals surface area contributed by atoms with Crippen LogP contribution < -0.4 is 5.43 Å². The molecule has 0 atom stereocenters. The highest BCUT2D eigenvalue weighted by Gasteiger charge is 2.28. The molecular weight excluding hydrogens is 246 g/mol. The van der Waals surface area contributed by atoms with Crippen molar-refractivity contribution in [2.75, 3.05) is 5.43 Å².